The Morgan fingerprint density at radius 1 is 0.625 bits per heavy atom. The van der Waals surface area contributed by atoms with E-state index < -0.39 is 35.1 Å². The number of hydrogen-bond donors (Lipinski definition) is 4. The Kier molecular flexibility index (Phi) is 12.4. The van der Waals surface area contributed by atoms with Gasteiger partial charge in [0, 0.05) is 19.6 Å². The molecule has 40 heavy (non-hydrogen) atoms. The van der Waals surface area contributed by atoms with Gasteiger partial charge in [-0.05, 0) is 122 Å². The molecule has 0 saturated heterocycles. The molecule has 0 bridgehead atoms. The van der Waals surface area contributed by atoms with Gasteiger partial charge in [0.25, 0.3) is 0 Å². The molecule has 0 unspecified atom stereocenters. The first-order chi connectivity index (χ1) is 18.2. The second kappa shape index (κ2) is 14.3. The molecule has 226 valence electrons. The Morgan fingerprint density at radius 3 is 1.25 bits per heavy atom. The highest BCUT2D eigenvalue weighted by atomic mass is 16.6. The van der Waals surface area contributed by atoms with Gasteiger partial charge in [-0.3, -0.25) is 0 Å². The third-order valence-corrected chi connectivity index (χ3v) is 5.66. The van der Waals surface area contributed by atoms with Gasteiger partial charge < -0.3 is 30.2 Å². The van der Waals surface area contributed by atoms with Gasteiger partial charge in [0.05, 0.1) is 6.54 Å². The molecule has 0 fully saturated rings. The molecular formula is C29H49N5O6. The van der Waals surface area contributed by atoms with Crippen LogP contribution in [0.15, 0.2) is 5.11 Å². The number of carbonyl (C=O) groups is 3. The summed E-state index contributed by atoms with van der Waals surface area (Å²) >= 11 is 0. The molecule has 0 aromatic heterocycles. The Labute approximate surface area is 239 Å². The summed E-state index contributed by atoms with van der Waals surface area (Å²) in [7, 11) is 0. The highest BCUT2D eigenvalue weighted by Crippen LogP contribution is 2.30. The van der Waals surface area contributed by atoms with Gasteiger partial charge in [-0.1, -0.05) is 0 Å². The van der Waals surface area contributed by atoms with Crippen LogP contribution in [0.1, 0.15) is 102 Å². The van der Waals surface area contributed by atoms with Crippen molar-refractivity contribution in [3.8, 4) is 0 Å². The summed E-state index contributed by atoms with van der Waals surface area (Å²) in [5.74, 6) is 0. The van der Waals surface area contributed by atoms with Crippen LogP contribution in [0, 0.1) is 19.4 Å². The Balaban J connectivity index is 3.55. The van der Waals surface area contributed by atoms with E-state index in [1.165, 1.54) is 0 Å². The SMILES string of the molecule is Cc1c(CNC(=O)OC(C)(C)C)c(C)c(CNC(=O)OC(C)(C)C)c(CCCN=N)c1CNC(=O)OC(C)(C)C. The maximum absolute atomic E-state index is 12.5. The summed E-state index contributed by atoms with van der Waals surface area (Å²) in [4.78, 5) is 37.5. The van der Waals surface area contributed by atoms with E-state index in [9.17, 15) is 14.4 Å². The van der Waals surface area contributed by atoms with E-state index in [0.29, 0.717) is 19.4 Å². The zero-order chi connectivity index (χ0) is 30.9. The van der Waals surface area contributed by atoms with Crippen molar-refractivity contribution in [3.05, 3.63) is 33.4 Å². The zero-order valence-corrected chi connectivity index (χ0v) is 26.1. The Bertz CT molecular complexity index is 1010. The van der Waals surface area contributed by atoms with Crippen LogP contribution in [0.25, 0.3) is 0 Å². The van der Waals surface area contributed by atoms with Crippen LogP contribution >= 0.6 is 0 Å². The molecule has 3 amide bonds. The highest BCUT2D eigenvalue weighted by molar-refractivity contribution is 5.70. The molecule has 0 radical (unpaired) electrons. The van der Waals surface area contributed by atoms with Crippen LogP contribution in [0.2, 0.25) is 0 Å². The van der Waals surface area contributed by atoms with Gasteiger partial charge in [-0.25, -0.2) is 19.9 Å². The average molecular weight is 564 g/mol. The fourth-order valence-electron chi connectivity index (χ4n) is 4.08. The van der Waals surface area contributed by atoms with Gasteiger partial charge in [-0.15, -0.1) is 0 Å². The molecule has 1 rings (SSSR count). The van der Waals surface area contributed by atoms with Gasteiger partial charge in [0.1, 0.15) is 16.8 Å². The molecular weight excluding hydrogens is 514 g/mol. The molecule has 11 nitrogen and oxygen atoms in total. The Morgan fingerprint density at radius 2 is 0.950 bits per heavy atom. The van der Waals surface area contributed by atoms with Crippen LogP contribution in [0.4, 0.5) is 14.4 Å². The molecule has 1 aromatic carbocycles. The van der Waals surface area contributed by atoms with E-state index >= 15 is 0 Å². The lowest BCUT2D eigenvalue weighted by atomic mass is 9.85. The Hall–Kier alpha value is -3.37. The topological polar surface area (TPSA) is 151 Å². The lowest BCUT2D eigenvalue weighted by molar-refractivity contribution is 0.0513. The van der Waals surface area contributed by atoms with Crippen molar-refractivity contribution in [1.29, 1.82) is 5.53 Å². The molecule has 0 aliphatic heterocycles. The summed E-state index contributed by atoms with van der Waals surface area (Å²) in [6.45, 7) is 20.9. The van der Waals surface area contributed by atoms with Crippen molar-refractivity contribution in [2.24, 2.45) is 5.11 Å². The predicted molar refractivity (Wildman–Crippen MR) is 153 cm³/mol. The van der Waals surface area contributed by atoms with Crippen molar-refractivity contribution in [3.63, 3.8) is 0 Å². The van der Waals surface area contributed by atoms with Crippen molar-refractivity contribution in [2.75, 3.05) is 6.54 Å². The average Bonchev–Trinajstić information content (AvgIpc) is 2.74. The largest absolute Gasteiger partial charge is 0.444 e. The van der Waals surface area contributed by atoms with E-state index in [-0.39, 0.29) is 19.6 Å². The first-order valence-corrected chi connectivity index (χ1v) is 13.6. The van der Waals surface area contributed by atoms with Crippen molar-refractivity contribution in [1.82, 2.24) is 16.0 Å². The van der Waals surface area contributed by atoms with Gasteiger partial charge in [0.15, 0.2) is 0 Å². The van der Waals surface area contributed by atoms with Crippen molar-refractivity contribution in [2.45, 2.75) is 125 Å². The molecule has 11 heteroatoms. The predicted octanol–water partition coefficient (Wildman–Crippen LogP) is 6.34. The third kappa shape index (κ3) is 12.7. The fraction of sp³-hybridized carbons (Fsp3) is 0.690. The number of rotatable bonds is 10. The number of carbonyl (C=O) groups excluding carboxylic acids is 3. The molecule has 0 heterocycles. The minimum Gasteiger partial charge on any atom is -0.444 e. The van der Waals surface area contributed by atoms with E-state index in [1.54, 1.807) is 62.3 Å². The minimum absolute atomic E-state index is 0.174. The quantitative estimate of drug-likeness (QED) is 0.148. The van der Waals surface area contributed by atoms with Crippen LogP contribution in [-0.4, -0.2) is 41.6 Å². The van der Waals surface area contributed by atoms with E-state index in [2.05, 4.69) is 21.1 Å². The molecule has 0 aliphatic carbocycles. The summed E-state index contributed by atoms with van der Waals surface area (Å²) in [5, 5.41) is 12.0. The number of alkyl carbamates (subject to hydrolysis) is 3. The van der Waals surface area contributed by atoms with Gasteiger partial charge >= 0.3 is 18.3 Å². The smallest absolute Gasteiger partial charge is 0.407 e. The minimum atomic E-state index is -0.657. The van der Waals surface area contributed by atoms with Crippen LogP contribution in [0.5, 0.6) is 0 Å². The highest BCUT2D eigenvalue weighted by Gasteiger charge is 2.24. The summed E-state index contributed by atoms with van der Waals surface area (Å²) in [6, 6.07) is 0. The standard InChI is InChI=1S/C29H49N5O6/c1-18-21(15-31-24(35)38-27(3,4)5)19(2)23(17-33-26(37)40-29(9,10)11)20(13-12-14-34-30)22(18)16-32-25(36)39-28(6,7)8/h30H,12-17H2,1-11H3,(H,31,35)(H,32,36)(H,33,37). The molecule has 0 saturated carbocycles. The number of hydrogen-bond acceptors (Lipinski definition) is 8. The molecule has 0 aliphatic rings. The zero-order valence-electron chi connectivity index (χ0n) is 26.1. The first-order valence-electron chi connectivity index (χ1n) is 13.6. The monoisotopic (exact) mass is 563 g/mol. The normalized spacial score (nSPS) is 11.9. The van der Waals surface area contributed by atoms with E-state index in [1.807, 2.05) is 13.8 Å². The van der Waals surface area contributed by atoms with Crippen LogP contribution in [0.3, 0.4) is 0 Å². The van der Waals surface area contributed by atoms with Crippen molar-refractivity contribution >= 4 is 18.3 Å². The number of benzene rings is 1. The maximum Gasteiger partial charge on any atom is 0.407 e. The maximum atomic E-state index is 12.5. The summed E-state index contributed by atoms with van der Waals surface area (Å²) in [5.41, 5.74) is 10.5. The third-order valence-electron chi connectivity index (χ3n) is 5.66. The molecule has 4 N–H and O–H groups in total. The molecule has 0 spiro atoms. The fourth-order valence-corrected chi connectivity index (χ4v) is 4.08. The number of ether oxygens (including phenoxy) is 3. The van der Waals surface area contributed by atoms with Crippen LogP contribution < -0.4 is 16.0 Å². The summed E-state index contributed by atoms with van der Waals surface area (Å²) < 4.78 is 16.3. The van der Waals surface area contributed by atoms with Gasteiger partial charge in [0.2, 0.25) is 0 Å². The second-order valence-corrected chi connectivity index (χ2v) is 12.7. The van der Waals surface area contributed by atoms with Crippen molar-refractivity contribution < 1.29 is 28.6 Å². The van der Waals surface area contributed by atoms with Gasteiger partial charge in [-0.2, -0.15) is 5.11 Å². The number of nitrogens with one attached hydrogen (secondary N) is 4. The van der Waals surface area contributed by atoms with E-state index in [0.717, 1.165) is 33.4 Å². The van der Waals surface area contributed by atoms with Crippen LogP contribution in [-0.2, 0) is 40.3 Å². The molecule has 1 aromatic rings. The first kappa shape index (κ1) is 34.7. The second-order valence-electron chi connectivity index (χ2n) is 12.7. The number of nitrogens with zero attached hydrogens (tertiary/aromatic N) is 1. The van der Waals surface area contributed by atoms with E-state index in [4.69, 9.17) is 19.7 Å². The lowest BCUT2D eigenvalue weighted by Crippen LogP contribution is -2.34. The molecule has 0 atom stereocenters. The lowest BCUT2D eigenvalue weighted by Gasteiger charge is -2.26. The summed E-state index contributed by atoms with van der Waals surface area (Å²) in [6.07, 6.45) is -0.478. The number of amides is 3.